The first kappa shape index (κ1) is 13.8. The maximum atomic E-state index is 5.84. The molecule has 0 saturated carbocycles. The Balaban J connectivity index is 2.28. The van der Waals surface area contributed by atoms with Crippen molar-refractivity contribution in [2.75, 3.05) is 0 Å². The van der Waals surface area contributed by atoms with Gasteiger partial charge in [-0.2, -0.15) is 10.2 Å². The Morgan fingerprint density at radius 3 is 2.26 bits per heavy atom. The Bertz CT molecular complexity index is 601. The van der Waals surface area contributed by atoms with E-state index in [1.807, 2.05) is 24.3 Å². The van der Waals surface area contributed by atoms with Crippen LogP contribution in [0.5, 0.6) is 0 Å². The van der Waals surface area contributed by atoms with Crippen molar-refractivity contribution in [2.45, 2.75) is 27.2 Å². The molecule has 0 heterocycles. The molecule has 0 aliphatic rings. The second kappa shape index (κ2) is 5.98. The van der Waals surface area contributed by atoms with Crippen LogP contribution in [0.1, 0.15) is 23.6 Å². The van der Waals surface area contributed by atoms with E-state index >= 15 is 0 Å². The van der Waals surface area contributed by atoms with E-state index in [2.05, 4.69) is 43.1 Å². The predicted octanol–water partition coefficient (Wildman–Crippen LogP) is 5.93. The van der Waals surface area contributed by atoms with Crippen LogP contribution < -0.4 is 0 Å². The van der Waals surface area contributed by atoms with Gasteiger partial charge in [-0.05, 0) is 67.3 Å². The minimum atomic E-state index is 0.707. The Morgan fingerprint density at radius 1 is 0.947 bits per heavy atom. The average Bonchev–Trinajstić information content (AvgIpc) is 2.41. The monoisotopic (exact) mass is 272 g/mol. The lowest BCUT2D eigenvalue weighted by Gasteiger charge is -2.06. The van der Waals surface area contributed by atoms with Gasteiger partial charge in [0.25, 0.3) is 0 Å². The lowest BCUT2D eigenvalue weighted by Crippen LogP contribution is -1.87. The summed E-state index contributed by atoms with van der Waals surface area (Å²) in [6.07, 6.45) is 1.04. The van der Waals surface area contributed by atoms with Gasteiger partial charge < -0.3 is 0 Å². The fraction of sp³-hybridized carbons (Fsp3) is 0.250. The standard InChI is InChI=1S/C16H17ClN2/c1-4-13-9-12(3)16(10-11(13)2)19-18-15-7-5-14(17)6-8-15/h5-10H,4H2,1-3H3. The lowest BCUT2D eigenvalue weighted by molar-refractivity contribution is 1.09. The van der Waals surface area contributed by atoms with Crippen LogP contribution in [0.2, 0.25) is 5.02 Å². The highest BCUT2D eigenvalue weighted by Gasteiger charge is 2.02. The Labute approximate surface area is 119 Å². The second-order valence-electron chi connectivity index (χ2n) is 4.60. The molecule has 0 unspecified atom stereocenters. The average molecular weight is 273 g/mol. The van der Waals surface area contributed by atoms with Gasteiger partial charge in [0.05, 0.1) is 11.4 Å². The van der Waals surface area contributed by atoms with E-state index in [0.717, 1.165) is 23.4 Å². The van der Waals surface area contributed by atoms with Crippen molar-refractivity contribution < 1.29 is 0 Å². The van der Waals surface area contributed by atoms with Crippen LogP contribution in [0.4, 0.5) is 11.4 Å². The first-order valence-corrected chi connectivity index (χ1v) is 6.75. The quantitative estimate of drug-likeness (QED) is 0.618. The zero-order valence-electron chi connectivity index (χ0n) is 11.4. The molecule has 98 valence electrons. The molecule has 2 nitrogen and oxygen atoms in total. The first-order chi connectivity index (χ1) is 9.10. The number of nitrogens with zero attached hydrogens (tertiary/aromatic N) is 2. The Kier molecular flexibility index (Phi) is 4.33. The van der Waals surface area contributed by atoms with Crippen LogP contribution in [0.3, 0.4) is 0 Å². The highest BCUT2D eigenvalue weighted by molar-refractivity contribution is 6.30. The largest absolute Gasteiger partial charge is 0.151 e. The normalized spacial score (nSPS) is 11.2. The summed E-state index contributed by atoms with van der Waals surface area (Å²) in [5, 5.41) is 9.27. The Hall–Kier alpha value is -1.67. The molecule has 2 aromatic carbocycles. The van der Waals surface area contributed by atoms with Gasteiger partial charge in [-0.15, -0.1) is 0 Å². The molecule has 0 atom stereocenters. The molecule has 0 aliphatic heterocycles. The van der Waals surface area contributed by atoms with Crippen molar-refractivity contribution in [3.8, 4) is 0 Å². The number of aryl methyl sites for hydroxylation is 3. The molecule has 0 N–H and O–H groups in total. The number of hydrogen-bond acceptors (Lipinski definition) is 2. The molecule has 2 rings (SSSR count). The third-order valence-corrected chi connectivity index (χ3v) is 3.39. The van der Waals surface area contributed by atoms with Crippen molar-refractivity contribution in [1.29, 1.82) is 0 Å². The molecular weight excluding hydrogens is 256 g/mol. The SMILES string of the molecule is CCc1cc(C)c(N=Nc2ccc(Cl)cc2)cc1C. The summed E-state index contributed by atoms with van der Waals surface area (Å²) in [6, 6.07) is 11.6. The van der Waals surface area contributed by atoms with Crippen molar-refractivity contribution in [1.82, 2.24) is 0 Å². The summed E-state index contributed by atoms with van der Waals surface area (Å²) in [7, 11) is 0. The smallest absolute Gasteiger partial charge is 0.0889 e. The molecule has 0 bridgehead atoms. The molecular formula is C16H17ClN2. The number of hydrogen-bond donors (Lipinski definition) is 0. The van der Waals surface area contributed by atoms with Crippen molar-refractivity contribution in [2.24, 2.45) is 10.2 Å². The maximum Gasteiger partial charge on any atom is 0.0889 e. The molecule has 0 fully saturated rings. The summed E-state index contributed by atoms with van der Waals surface area (Å²) in [5.41, 5.74) is 5.51. The maximum absolute atomic E-state index is 5.84. The van der Waals surface area contributed by atoms with Gasteiger partial charge in [-0.3, -0.25) is 0 Å². The third-order valence-electron chi connectivity index (χ3n) is 3.14. The van der Waals surface area contributed by atoms with Gasteiger partial charge in [0.1, 0.15) is 0 Å². The number of halogens is 1. The van der Waals surface area contributed by atoms with Crippen LogP contribution in [0.25, 0.3) is 0 Å². The molecule has 19 heavy (non-hydrogen) atoms. The molecule has 0 spiro atoms. The molecule has 0 amide bonds. The Morgan fingerprint density at radius 2 is 1.63 bits per heavy atom. The van der Waals surface area contributed by atoms with Gasteiger partial charge in [0.2, 0.25) is 0 Å². The minimum absolute atomic E-state index is 0.707. The van der Waals surface area contributed by atoms with Crippen LogP contribution in [0.15, 0.2) is 46.6 Å². The van der Waals surface area contributed by atoms with Crippen molar-refractivity contribution >= 4 is 23.0 Å². The molecule has 2 aromatic rings. The number of azo groups is 1. The van der Waals surface area contributed by atoms with E-state index < -0.39 is 0 Å². The highest BCUT2D eigenvalue weighted by atomic mass is 35.5. The van der Waals surface area contributed by atoms with Crippen LogP contribution in [-0.4, -0.2) is 0 Å². The van der Waals surface area contributed by atoms with E-state index in [0.29, 0.717) is 5.02 Å². The van der Waals surface area contributed by atoms with Crippen LogP contribution in [0, 0.1) is 13.8 Å². The van der Waals surface area contributed by atoms with Gasteiger partial charge in [0.15, 0.2) is 0 Å². The number of benzene rings is 2. The topological polar surface area (TPSA) is 24.7 Å². The summed E-state index contributed by atoms with van der Waals surface area (Å²) in [4.78, 5) is 0. The number of rotatable bonds is 3. The van der Waals surface area contributed by atoms with Gasteiger partial charge in [0, 0.05) is 5.02 Å². The molecule has 0 aromatic heterocycles. The fourth-order valence-electron chi connectivity index (χ4n) is 1.97. The van der Waals surface area contributed by atoms with E-state index in [-0.39, 0.29) is 0 Å². The molecule has 0 saturated heterocycles. The second-order valence-corrected chi connectivity index (χ2v) is 5.03. The summed E-state index contributed by atoms with van der Waals surface area (Å²) in [6.45, 7) is 6.34. The van der Waals surface area contributed by atoms with Crippen molar-refractivity contribution in [3.05, 3.63) is 58.1 Å². The van der Waals surface area contributed by atoms with E-state index in [9.17, 15) is 0 Å². The summed E-state index contributed by atoms with van der Waals surface area (Å²) >= 11 is 5.84. The summed E-state index contributed by atoms with van der Waals surface area (Å²) in [5.74, 6) is 0. The zero-order valence-corrected chi connectivity index (χ0v) is 12.2. The lowest BCUT2D eigenvalue weighted by atomic mass is 10.0. The summed E-state index contributed by atoms with van der Waals surface area (Å²) < 4.78 is 0. The van der Waals surface area contributed by atoms with Crippen LogP contribution >= 0.6 is 11.6 Å². The van der Waals surface area contributed by atoms with Gasteiger partial charge in [-0.25, -0.2) is 0 Å². The highest BCUT2D eigenvalue weighted by Crippen LogP contribution is 2.26. The van der Waals surface area contributed by atoms with E-state index in [1.54, 1.807) is 0 Å². The van der Waals surface area contributed by atoms with Crippen LogP contribution in [-0.2, 0) is 6.42 Å². The fourth-order valence-corrected chi connectivity index (χ4v) is 2.09. The van der Waals surface area contributed by atoms with Gasteiger partial charge >= 0.3 is 0 Å². The van der Waals surface area contributed by atoms with E-state index in [1.165, 1.54) is 11.1 Å². The minimum Gasteiger partial charge on any atom is -0.151 e. The van der Waals surface area contributed by atoms with E-state index in [4.69, 9.17) is 11.6 Å². The molecule has 0 radical (unpaired) electrons. The molecule has 0 aliphatic carbocycles. The zero-order chi connectivity index (χ0) is 13.8. The van der Waals surface area contributed by atoms with Crippen molar-refractivity contribution in [3.63, 3.8) is 0 Å². The molecule has 3 heteroatoms. The third kappa shape index (κ3) is 3.42. The van der Waals surface area contributed by atoms with Gasteiger partial charge in [-0.1, -0.05) is 24.6 Å². The first-order valence-electron chi connectivity index (χ1n) is 6.37. The predicted molar refractivity (Wildman–Crippen MR) is 80.9 cm³/mol.